The van der Waals surface area contributed by atoms with E-state index >= 15 is 0 Å². The van der Waals surface area contributed by atoms with E-state index in [1.807, 2.05) is 0 Å². The topological polar surface area (TPSA) is 102 Å². The lowest BCUT2D eigenvalue weighted by Crippen LogP contribution is -2.14. The molecule has 14 heavy (non-hydrogen) atoms. The number of rotatable bonds is 3. The predicted octanol–water partition coefficient (Wildman–Crippen LogP) is 0.270. The third kappa shape index (κ3) is 1.93. The molecule has 0 bridgehead atoms. The van der Waals surface area contributed by atoms with Gasteiger partial charge in [0.05, 0.1) is 11.3 Å². The van der Waals surface area contributed by atoms with Gasteiger partial charge in [0.2, 0.25) is 0 Å². The van der Waals surface area contributed by atoms with E-state index < -0.39 is 5.91 Å². The molecular weight excluding hydrogens is 182 g/mol. The summed E-state index contributed by atoms with van der Waals surface area (Å²) in [7, 11) is 0. The Morgan fingerprint density at radius 2 is 2.29 bits per heavy atom. The number of nitrogen functional groups attached to an aromatic ring is 1. The normalized spacial score (nSPS) is 9.07. The maximum Gasteiger partial charge on any atom is 0.252 e. The molecule has 0 radical (unpaired) electrons. The molecule has 0 aliphatic rings. The van der Waals surface area contributed by atoms with E-state index in [1.54, 1.807) is 18.2 Å². The van der Waals surface area contributed by atoms with Gasteiger partial charge in [-0.15, -0.1) is 0 Å². The standard InChI is InChI=1S/C9H9N3O2/c10-4-5-14-8-6(9(12)13)2-1-3-7(8)11/h1-3H,5,11H2,(H2,12,13). The zero-order valence-electron chi connectivity index (χ0n) is 7.36. The Kier molecular flexibility index (Phi) is 2.92. The molecular formula is C9H9N3O2. The summed E-state index contributed by atoms with van der Waals surface area (Å²) >= 11 is 0. The highest BCUT2D eigenvalue weighted by Crippen LogP contribution is 2.25. The van der Waals surface area contributed by atoms with Gasteiger partial charge in [0.1, 0.15) is 6.07 Å². The van der Waals surface area contributed by atoms with Crippen LogP contribution in [0.1, 0.15) is 10.4 Å². The highest BCUT2D eigenvalue weighted by atomic mass is 16.5. The van der Waals surface area contributed by atoms with E-state index in [2.05, 4.69) is 0 Å². The Hall–Kier alpha value is -2.22. The lowest BCUT2D eigenvalue weighted by Gasteiger charge is -2.08. The third-order valence-corrected chi connectivity index (χ3v) is 1.59. The first-order chi connectivity index (χ1) is 6.66. The van der Waals surface area contributed by atoms with Gasteiger partial charge < -0.3 is 16.2 Å². The Morgan fingerprint density at radius 1 is 1.57 bits per heavy atom. The van der Waals surface area contributed by atoms with Crippen molar-refractivity contribution in [2.45, 2.75) is 0 Å². The number of amides is 1. The molecule has 0 spiro atoms. The van der Waals surface area contributed by atoms with Crippen molar-refractivity contribution in [3.8, 4) is 11.8 Å². The number of anilines is 1. The second-order valence-electron chi connectivity index (χ2n) is 2.53. The van der Waals surface area contributed by atoms with Crippen LogP contribution in [0, 0.1) is 11.3 Å². The lowest BCUT2D eigenvalue weighted by atomic mass is 10.1. The number of nitriles is 1. The molecule has 0 aliphatic heterocycles. The van der Waals surface area contributed by atoms with Gasteiger partial charge in [0.15, 0.2) is 12.4 Å². The molecule has 0 fully saturated rings. The summed E-state index contributed by atoms with van der Waals surface area (Å²) in [6, 6.07) is 6.43. The Morgan fingerprint density at radius 3 is 2.86 bits per heavy atom. The monoisotopic (exact) mass is 191 g/mol. The molecule has 0 aromatic heterocycles. The average molecular weight is 191 g/mol. The number of carbonyl (C=O) groups excluding carboxylic acids is 1. The second kappa shape index (κ2) is 4.14. The molecule has 1 rings (SSSR count). The van der Waals surface area contributed by atoms with Crippen LogP contribution in [0.4, 0.5) is 5.69 Å². The minimum absolute atomic E-state index is 0.168. The number of para-hydroxylation sites is 1. The minimum atomic E-state index is -0.634. The highest BCUT2D eigenvalue weighted by Gasteiger charge is 2.11. The molecule has 0 aliphatic carbocycles. The first kappa shape index (κ1) is 9.86. The van der Waals surface area contributed by atoms with E-state index in [0.717, 1.165) is 0 Å². The van der Waals surface area contributed by atoms with Crippen molar-refractivity contribution in [3.05, 3.63) is 23.8 Å². The number of ether oxygens (including phenoxy) is 1. The van der Waals surface area contributed by atoms with E-state index in [9.17, 15) is 4.79 Å². The van der Waals surface area contributed by atoms with Crippen LogP contribution >= 0.6 is 0 Å². The van der Waals surface area contributed by atoms with Gasteiger partial charge in [0.25, 0.3) is 5.91 Å². The number of hydrogen-bond acceptors (Lipinski definition) is 4. The smallest absolute Gasteiger partial charge is 0.252 e. The molecule has 0 saturated carbocycles. The fourth-order valence-electron chi connectivity index (χ4n) is 1.01. The SMILES string of the molecule is N#CCOc1c(N)cccc1C(N)=O. The maximum atomic E-state index is 10.9. The van der Waals surface area contributed by atoms with Crippen LogP contribution < -0.4 is 16.2 Å². The molecule has 0 unspecified atom stereocenters. The molecule has 0 atom stereocenters. The summed E-state index contributed by atoms with van der Waals surface area (Å²) < 4.78 is 4.99. The van der Waals surface area contributed by atoms with Gasteiger partial charge in [-0.1, -0.05) is 6.07 Å². The molecule has 5 nitrogen and oxygen atoms in total. The first-order valence-corrected chi connectivity index (χ1v) is 3.85. The molecule has 5 heteroatoms. The van der Waals surface area contributed by atoms with Crippen molar-refractivity contribution in [1.82, 2.24) is 0 Å². The highest BCUT2D eigenvalue weighted by molar-refractivity contribution is 5.97. The Bertz CT molecular complexity index is 396. The van der Waals surface area contributed by atoms with Crippen molar-refractivity contribution >= 4 is 11.6 Å². The van der Waals surface area contributed by atoms with E-state index in [0.29, 0.717) is 0 Å². The number of carbonyl (C=O) groups is 1. The summed E-state index contributed by atoms with van der Waals surface area (Å²) in [5, 5.41) is 8.32. The van der Waals surface area contributed by atoms with Gasteiger partial charge >= 0.3 is 0 Å². The number of nitrogens with zero attached hydrogens (tertiary/aromatic N) is 1. The molecule has 72 valence electrons. The molecule has 4 N–H and O–H groups in total. The van der Waals surface area contributed by atoms with Gasteiger partial charge in [0, 0.05) is 0 Å². The van der Waals surface area contributed by atoms with Crippen molar-refractivity contribution < 1.29 is 9.53 Å². The number of benzene rings is 1. The van der Waals surface area contributed by atoms with Crippen LogP contribution in [0.5, 0.6) is 5.75 Å². The van der Waals surface area contributed by atoms with Gasteiger partial charge in [-0.2, -0.15) is 5.26 Å². The molecule has 0 saturated heterocycles. The number of nitrogens with two attached hydrogens (primary N) is 2. The Balaban J connectivity index is 3.10. The zero-order chi connectivity index (χ0) is 10.6. The fraction of sp³-hybridized carbons (Fsp3) is 0.111. The minimum Gasteiger partial charge on any atom is -0.476 e. The van der Waals surface area contributed by atoms with Crippen LogP contribution in [-0.4, -0.2) is 12.5 Å². The van der Waals surface area contributed by atoms with Crippen LogP contribution in [0.25, 0.3) is 0 Å². The van der Waals surface area contributed by atoms with Gasteiger partial charge in [-0.3, -0.25) is 4.79 Å². The summed E-state index contributed by atoms with van der Waals surface area (Å²) in [6.45, 7) is -0.172. The molecule has 1 aromatic carbocycles. The summed E-state index contributed by atoms with van der Waals surface area (Å²) in [6.07, 6.45) is 0. The number of hydrogen-bond donors (Lipinski definition) is 2. The van der Waals surface area contributed by atoms with E-state index in [-0.39, 0.29) is 23.6 Å². The third-order valence-electron chi connectivity index (χ3n) is 1.59. The van der Waals surface area contributed by atoms with E-state index in [4.69, 9.17) is 21.5 Å². The first-order valence-electron chi connectivity index (χ1n) is 3.85. The van der Waals surface area contributed by atoms with Crippen LogP contribution in [-0.2, 0) is 0 Å². The summed E-state index contributed by atoms with van der Waals surface area (Å²) in [5.41, 5.74) is 11.1. The van der Waals surface area contributed by atoms with Crippen molar-refractivity contribution in [2.24, 2.45) is 5.73 Å². The zero-order valence-corrected chi connectivity index (χ0v) is 7.36. The molecule has 0 heterocycles. The van der Waals surface area contributed by atoms with Crippen LogP contribution in [0.2, 0.25) is 0 Å². The molecule has 1 amide bonds. The maximum absolute atomic E-state index is 10.9. The summed E-state index contributed by atoms with van der Waals surface area (Å²) in [5.74, 6) is -0.466. The lowest BCUT2D eigenvalue weighted by molar-refractivity contribution is 0.0997. The van der Waals surface area contributed by atoms with Gasteiger partial charge in [-0.05, 0) is 12.1 Å². The van der Waals surface area contributed by atoms with Gasteiger partial charge in [-0.25, -0.2) is 0 Å². The van der Waals surface area contributed by atoms with Crippen LogP contribution in [0.15, 0.2) is 18.2 Å². The predicted molar refractivity (Wildman–Crippen MR) is 50.5 cm³/mol. The van der Waals surface area contributed by atoms with Crippen LogP contribution in [0.3, 0.4) is 0 Å². The summed E-state index contributed by atoms with van der Waals surface area (Å²) in [4.78, 5) is 10.9. The largest absolute Gasteiger partial charge is 0.476 e. The average Bonchev–Trinajstić information content (AvgIpc) is 2.15. The van der Waals surface area contributed by atoms with E-state index in [1.165, 1.54) is 6.07 Å². The second-order valence-corrected chi connectivity index (χ2v) is 2.53. The fourth-order valence-corrected chi connectivity index (χ4v) is 1.01. The molecule has 1 aromatic rings. The van der Waals surface area contributed by atoms with Crippen molar-refractivity contribution in [3.63, 3.8) is 0 Å². The van der Waals surface area contributed by atoms with Crippen molar-refractivity contribution in [2.75, 3.05) is 12.3 Å². The quantitative estimate of drug-likeness (QED) is 0.669. The Labute approximate surface area is 80.9 Å². The van der Waals surface area contributed by atoms with Crippen molar-refractivity contribution in [1.29, 1.82) is 5.26 Å². The number of primary amides is 1.